The van der Waals surface area contributed by atoms with E-state index in [1.165, 1.54) is 6.07 Å². The van der Waals surface area contributed by atoms with Crippen LogP contribution in [0.25, 0.3) is 0 Å². The Balaban J connectivity index is 2.30. The first kappa shape index (κ1) is 14.4. The molecule has 0 saturated heterocycles. The van der Waals surface area contributed by atoms with Gasteiger partial charge in [0.25, 0.3) is 0 Å². The van der Waals surface area contributed by atoms with E-state index in [4.69, 9.17) is 15.3 Å². The standard InChI is InChI=1S/C12H16N4O3S/c1-7-5-16-12(19-7)6-15-10-3-9(13)4-11(8(10)2)20(14,17)18/h3-5,15H,6,13H2,1-2H3,(H2,14,17,18). The summed E-state index contributed by atoms with van der Waals surface area (Å²) in [5.74, 6) is 1.21. The van der Waals surface area contributed by atoms with E-state index in [1.54, 1.807) is 26.1 Å². The molecule has 1 heterocycles. The normalized spacial score (nSPS) is 11.6. The molecule has 0 unspecified atom stereocenters. The summed E-state index contributed by atoms with van der Waals surface area (Å²) >= 11 is 0. The fraction of sp³-hybridized carbons (Fsp3) is 0.250. The molecule has 108 valence electrons. The molecule has 0 saturated carbocycles. The first-order valence-electron chi connectivity index (χ1n) is 5.85. The molecule has 20 heavy (non-hydrogen) atoms. The summed E-state index contributed by atoms with van der Waals surface area (Å²) in [7, 11) is -3.82. The number of benzene rings is 1. The number of oxazole rings is 1. The van der Waals surface area contributed by atoms with E-state index in [0.717, 1.165) is 0 Å². The van der Waals surface area contributed by atoms with Gasteiger partial charge in [0.1, 0.15) is 5.76 Å². The molecule has 0 spiro atoms. The Kier molecular flexibility index (Phi) is 3.69. The highest BCUT2D eigenvalue weighted by molar-refractivity contribution is 7.89. The SMILES string of the molecule is Cc1cnc(CNc2cc(N)cc(S(N)(=O)=O)c2C)o1. The molecule has 1 aromatic heterocycles. The fourth-order valence-electron chi connectivity index (χ4n) is 1.84. The molecule has 2 aromatic rings. The smallest absolute Gasteiger partial charge is 0.238 e. The van der Waals surface area contributed by atoms with Crippen LogP contribution in [0.3, 0.4) is 0 Å². The van der Waals surface area contributed by atoms with Crippen LogP contribution in [0.4, 0.5) is 11.4 Å². The molecule has 7 nitrogen and oxygen atoms in total. The molecular weight excluding hydrogens is 280 g/mol. The number of rotatable bonds is 4. The number of aromatic nitrogens is 1. The third-order valence-electron chi connectivity index (χ3n) is 2.79. The van der Waals surface area contributed by atoms with Gasteiger partial charge in [-0.1, -0.05) is 0 Å². The van der Waals surface area contributed by atoms with Crippen LogP contribution in [0.15, 0.2) is 27.6 Å². The molecule has 2 rings (SSSR count). The summed E-state index contributed by atoms with van der Waals surface area (Å²) in [5.41, 5.74) is 7.09. The van der Waals surface area contributed by atoms with Crippen LogP contribution in [0.1, 0.15) is 17.2 Å². The summed E-state index contributed by atoms with van der Waals surface area (Å²) in [6.07, 6.45) is 1.61. The number of nitrogen functional groups attached to an aromatic ring is 1. The van der Waals surface area contributed by atoms with Gasteiger partial charge in [-0.25, -0.2) is 18.5 Å². The number of sulfonamides is 1. The predicted molar refractivity (Wildman–Crippen MR) is 75.5 cm³/mol. The molecule has 0 bridgehead atoms. The van der Waals surface area contributed by atoms with E-state index in [1.807, 2.05) is 0 Å². The lowest BCUT2D eigenvalue weighted by molar-refractivity contribution is 0.479. The minimum absolute atomic E-state index is 0.00332. The molecular formula is C12H16N4O3S. The van der Waals surface area contributed by atoms with Gasteiger partial charge in [0.2, 0.25) is 15.9 Å². The molecule has 0 fully saturated rings. The van der Waals surface area contributed by atoms with Gasteiger partial charge in [-0.2, -0.15) is 0 Å². The summed E-state index contributed by atoms with van der Waals surface area (Å²) in [5, 5.41) is 8.20. The second kappa shape index (κ2) is 5.14. The van der Waals surface area contributed by atoms with Gasteiger partial charge in [-0.15, -0.1) is 0 Å². The highest BCUT2D eigenvalue weighted by Crippen LogP contribution is 2.26. The topological polar surface area (TPSA) is 124 Å². The number of aryl methyl sites for hydroxylation is 1. The third-order valence-corrected chi connectivity index (χ3v) is 3.83. The Morgan fingerprint density at radius 3 is 2.60 bits per heavy atom. The van der Waals surface area contributed by atoms with Crippen molar-refractivity contribution in [2.75, 3.05) is 11.1 Å². The second-order valence-electron chi connectivity index (χ2n) is 4.45. The molecule has 0 aliphatic rings. The van der Waals surface area contributed by atoms with Crippen LogP contribution in [0, 0.1) is 13.8 Å². The van der Waals surface area contributed by atoms with Crippen LogP contribution >= 0.6 is 0 Å². The minimum atomic E-state index is -3.82. The average molecular weight is 296 g/mol. The molecule has 8 heteroatoms. The summed E-state index contributed by atoms with van der Waals surface area (Å²) in [4.78, 5) is 4.05. The number of nitrogens with two attached hydrogens (primary N) is 2. The van der Waals surface area contributed by atoms with Crippen molar-refractivity contribution in [2.24, 2.45) is 5.14 Å². The van der Waals surface area contributed by atoms with Crippen LogP contribution in [-0.4, -0.2) is 13.4 Å². The Hall–Kier alpha value is -2.06. The van der Waals surface area contributed by atoms with E-state index < -0.39 is 10.0 Å². The van der Waals surface area contributed by atoms with Crippen LogP contribution in [0.5, 0.6) is 0 Å². The van der Waals surface area contributed by atoms with Gasteiger partial charge in [0, 0.05) is 11.4 Å². The molecule has 5 N–H and O–H groups in total. The van der Waals surface area contributed by atoms with Crippen molar-refractivity contribution in [3.05, 3.63) is 35.5 Å². The van der Waals surface area contributed by atoms with Crippen LogP contribution in [0.2, 0.25) is 0 Å². The van der Waals surface area contributed by atoms with Gasteiger partial charge >= 0.3 is 0 Å². The van der Waals surface area contributed by atoms with E-state index in [0.29, 0.717) is 35.1 Å². The van der Waals surface area contributed by atoms with Crippen molar-refractivity contribution in [1.29, 1.82) is 0 Å². The summed E-state index contributed by atoms with van der Waals surface area (Å²) in [6, 6.07) is 2.98. The van der Waals surface area contributed by atoms with Crippen molar-refractivity contribution in [3.8, 4) is 0 Å². The number of nitrogens with one attached hydrogen (secondary N) is 1. The first-order chi connectivity index (χ1) is 9.27. The lowest BCUT2D eigenvalue weighted by atomic mass is 10.2. The van der Waals surface area contributed by atoms with Crippen LogP contribution in [-0.2, 0) is 16.6 Å². The van der Waals surface area contributed by atoms with Gasteiger partial charge in [-0.05, 0) is 31.5 Å². The van der Waals surface area contributed by atoms with Crippen LogP contribution < -0.4 is 16.2 Å². The zero-order valence-corrected chi connectivity index (χ0v) is 12.0. The molecule has 0 aliphatic carbocycles. The van der Waals surface area contributed by atoms with Crippen molar-refractivity contribution in [3.63, 3.8) is 0 Å². The summed E-state index contributed by atoms with van der Waals surface area (Å²) in [6.45, 7) is 3.77. The monoisotopic (exact) mass is 296 g/mol. The summed E-state index contributed by atoms with van der Waals surface area (Å²) < 4.78 is 28.3. The average Bonchev–Trinajstić information content (AvgIpc) is 2.74. The predicted octanol–water partition coefficient (Wildman–Crippen LogP) is 1.13. The third kappa shape index (κ3) is 3.09. The zero-order chi connectivity index (χ0) is 14.9. The Bertz CT molecular complexity index is 737. The van der Waals surface area contributed by atoms with Gasteiger partial charge < -0.3 is 15.5 Å². The molecule has 0 aliphatic heterocycles. The maximum atomic E-state index is 11.5. The Morgan fingerprint density at radius 2 is 2.05 bits per heavy atom. The Morgan fingerprint density at radius 1 is 1.35 bits per heavy atom. The number of anilines is 2. The lowest BCUT2D eigenvalue weighted by Crippen LogP contribution is -2.15. The Labute approximate surface area is 117 Å². The number of nitrogens with zero attached hydrogens (tertiary/aromatic N) is 1. The maximum absolute atomic E-state index is 11.5. The lowest BCUT2D eigenvalue weighted by Gasteiger charge is -2.12. The zero-order valence-electron chi connectivity index (χ0n) is 11.2. The van der Waals surface area contributed by atoms with E-state index in [-0.39, 0.29) is 4.90 Å². The van der Waals surface area contributed by atoms with Crippen molar-refractivity contribution in [1.82, 2.24) is 4.98 Å². The highest BCUT2D eigenvalue weighted by atomic mass is 32.2. The largest absolute Gasteiger partial charge is 0.444 e. The number of hydrogen-bond acceptors (Lipinski definition) is 6. The second-order valence-corrected chi connectivity index (χ2v) is 5.98. The minimum Gasteiger partial charge on any atom is -0.444 e. The number of hydrogen-bond donors (Lipinski definition) is 3. The van der Waals surface area contributed by atoms with E-state index in [9.17, 15) is 8.42 Å². The highest BCUT2D eigenvalue weighted by Gasteiger charge is 2.15. The van der Waals surface area contributed by atoms with Gasteiger partial charge in [0.05, 0.1) is 17.6 Å². The molecule has 1 aromatic carbocycles. The van der Waals surface area contributed by atoms with E-state index >= 15 is 0 Å². The molecule has 0 radical (unpaired) electrons. The van der Waals surface area contributed by atoms with Crippen molar-refractivity contribution < 1.29 is 12.8 Å². The van der Waals surface area contributed by atoms with Crippen molar-refractivity contribution in [2.45, 2.75) is 25.3 Å². The fourth-order valence-corrected chi connectivity index (χ4v) is 2.68. The first-order valence-corrected chi connectivity index (χ1v) is 7.40. The van der Waals surface area contributed by atoms with Gasteiger partial charge in [0.15, 0.2) is 0 Å². The van der Waals surface area contributed by atoms with Crippen molar-refractivity contribution >= 4 is 21.4 Å². The molecule has 0 amide bonds. The molecule has 0 atom stereocenters. The van der Waals surface area contributed by atoms with E-state index in [2.05, 4.69) is 10.3 Å². The van der Waals surface area contributed by atoms with Gasteiger partial charge in [-0.3, -0.25) is 0 Å². The maximum Gasteiger partial charge on any atom is 0.238 e. The quantitative estimate of drug-likeness (QED) is 0.726. The number of primary sulfonamides is 1.